The Morgan fingerprint density at radius 2 is 2.11 bits per heavy atom. The number of benzene rings is 1. The standard InChI is InChI=1S/C13H15Cl2N3/c14-9-5-11-12(6-10(9)15)18-13(17-11)2-1-8-3-4-16-7-8/h5-6,8,16H,1-4,7H2,(H,17,18). The van der Waals surface area contributed by atoms with Gasteiger partial charge in [-0.25, -0.2) is 4.98 Å². The highest BCUT2D eigenvalue weighted by molar-refractivity contribution is 6.42. The molecule has 2 heterocycles. The number of nitrogens with zero attached hydrogens (tertiary/aromatic N) is 1. The molecule has 96 valence electrons. The van der Waals surface area contributed by atoms with E-state index in [0.717, 1.165) is 42.3 Å². The SMILES string of the molecule is Clc1cc2nc(CCC3CCNC3)[nH]c2cc1Cl. The van der Waals surface area contributed by atoms with Gasteiger partial charge < -0.3 is 10.3 Å². The van der Waals surface area contributed by atoms with E-state index in [2.05, 4.69) is 15.3 Å². The van der Waals surface area contributed by atoms with Crippen molar-refractivity contribution in [2.45, 2.75) is 19.3 Å². The highest BCUT2D eigenvalue weighted by Crippen LogP contribution is 2.27. The van der Waals surface area contributed by atoms with E-state index in [9.17, 15) is 0 Å². The van der Waals surface area contributed by atoms with E-state index in [1.165, 1.54) is 12.8 Å². The normalized spacial score (nSPS) is 19.8. The van der Waals surface area contributed by atoms with Gasteiger partial charge in [-0.1, -0.05) is 23.2 Å². The van der Waals surface area contributed by atoms with Gasteiger partial charge >= 0.3 is 0 Å². The molecule has 5 heteroatoms. The number of rotatable bonds is 3. The van der Waals surface area contributed by atoms with Crippen LogP contribution < -0.4 is 5.32 Å². The Hall–Kier alpha value is -0.770. The summed E-state index contributed by atoms with van der Waals surface area (Å²) in [5.41, 5.74) is 1.85. The Balaban J connectivity index is 1.76. The predicted octanol–water partition coefficient (Wildman–Crippen LogP) is 3.41. The van der Waals surface area contributed by atoms with Gasteiger partial charge in [0, 0.05) is 6.42 Å². The molecule has 1 fully saturated rings. The van der Waals surface area contributed by atoms with Gasteiger partial charge in [-0.05, 0) is 44.0 Å². The molecule has 0 amide bonds. The quantitative estimate of drug-likeness (QED) is 0.906. The fourth-order valence-electron chi connectivity index (χ4n) is 2.48. The highest BCUT2D eigenvalue weighted by atomic mass is 35.5. The summed E-state index contributed by atoms with van der Waals surface area (Å²) in [7, 11) is 0. The largest absolute Gasteiger partial charge is 0.342 e. The van der Waals surface area contributed by atoms with Crippen LogP contribution in [0, 0.1) is 5.92 Å². The van der Waals surface area contributed by atoms with Crippen molar-refractivity contribution in [3.05, 3.63) is 28.0 Å². The van der Waals surface area contributed by atoms with E-state index in [1.54, 1.807) is 0 Å². The van der Waals surface area contributed by atoms with Crippen molar-refractivity contribution in [1.82, 2.24) is 15.3 Å². The number of aryl methyl sites for hydroxylation is 1. The first-order chi connectivity index (χ1) is 8.72. The van der Waals surface area contributed by atoms with Crippen LogP contribution in [-0.2, 0) is 6.42 Å². The lowest BCUT2D eigenvalue weighted by atomic mass is 10.0. The zero-order valence-corrected chi connectivity index (χ0v) is 11.5. The molecule has 0 radical (unpaired) electrons. The van der Waals surface area contributed by atoms with Crippen LogP contribution in [0.15, 0.2) is 12.1 Å². The first-order valence-electron chi connectivity index (χ1n) is 6.27. The smallest absolute Gasteiger partial charge is 0.107 e. The summed E-state index contributed by atoms with van der Waals surface area (Å²) in [5.74, 6) is 1.81. The van der Waals surface area contributed by atoms with Crippen molar-refractivity contribution in [3.63, 3.8) is 0 Å². The van der Waals surface area contributed by atoms with Gasteiger partial charge in [0.25, 0.3) is 0 Å². The van der Waals surface area contributed by atoms with E-state index in [1.807, 2.05) is 12.1 Å². The molecular formula is C13H15Cl2N3. The van der Waals surface area contributed by atoms with Crippen molar-refractivity contribution in [3.8, 4) is 0 Å². The monoisotopic (exact) mass is 283 g/mol. The molecule has 1 aromatic heterocycles. The van der Waals surface area contributed by atoms with Crippen molar-refractivity contribution in [2.75, 3.05) is 13.1 Å². The molecular weight excluding hydrogens is 269 g/mol. The second kappa shape index (κ2) is 5.08. The van der Waals surface area contributed by atoms with E-state index < -0.39 is 0 Å². The fraction of sp³-hybridized carbons (Fsp3) is 0.462. The summed E-state index contributed by atoms with van der Waals surface area (Å²) in [4.78, 5) is 7.87. The molecule has 0 spiro atoms. The van der Waals surface area contributed by atoms with Crippen LogP contribution in [0.2, 0.25) is 10.0 Å². The highest BCUT2D eigenvalue weighted by Gasteiger charge is 2.15. The Morgan fingerprint density at radius 1 is 1.28 bits per heavy atom. The van der Waals surface area contributed by atoms with E-state index >= 15 is 0 Å². The average molecular weight is 284 g/mol. The number of hydrogen-bond acceptors (Lipinski definition) is 2. The lowest BCUT2D eigenvalue weighted by molar-refractivity contribution is 0.526. The number of hydrogen-bond donors (Lipinski definition) is 2. The average Bonchev–Trinajstić information content (AvgIpc) is 2.96. The third kappa shape index (κ3) is 2.48. The van der Waals surface area contributed by atoms with Crippen molar-refractivity contribution >= 4 is 34.2 Å². The number of nitrogens with one attached hydrogen (secondary N) is 2. The van der Waals surface area contributed by atoms with Gasteiger partial charge in [-0.15, -0.1) is 0 Å². The molecule has 2 aromatic rings. The van der Waals surface area contributed by atoms with Gasteiger partial charge in [0.05, 0.1) is 21.1 Å². The third-order valence-corrected chi connectivity index (χ3v) is 4.25. The maximum Gasteiger partial charge on any atom is 0.107 e. The maximum absolute atomic E-state index is 5.99. The summed E-state index contributed by atoms with van der Waals surface area (Å²) in [6, 6.07) is 3.66. The van der Waals surface area contributed by atoms with Crippen LogP contribution in [0.25, 0.3) is 11.0 Å². The van der Waals surface area contributed by atoms with Gasteiger partial charge in [0.1, 0.15) is 5.82 Å². The number of aromatic amines is 1. The molecule has 1 aromatic carbocycles. The van der Waals surface area contributed by atoms with Crippen molar-refractivity contribution in [1.29, 1.82) is 0 Å². The molecule has 1 atom stereocenters. The molecule has 1 unspecified atom stereocenters. The number of H-pyrrole nitrogens is 1. The second-order valence-electron chi connectivity index (χ2n) is 4.86. The zero-order chi connectivity index (χ0) is 12.5. The molecule has 18 heavy (non-hydrogen) atoms. The zero-order valence-electron chi connectivity index (χ0n) is 9.97. The van der Waals surface area contributed by atoms with Gasteiger partial charge in [0.2, 0.25) is 0 Å². The van der Waals surface area contributed by atoms with Crippen LogP contribution in [0.4, 0.5) is 0 Å². The topological polar surface area (TPSA) is 40.7 Å². The van der Waals surface area contributed by atoms with Crippen molar-refractivity contribution in [2.24, 2.45) is 5.92 Å². The van der Waals surface area contributed by atoms with E-state index in [4.69, 9.17) is 23.2 Å². The summed E-state index contributed by atoms with van der Waals surface area (Å²) in [5, 5.41) is 4.51. The summed E-state index contributed by atoms with van der Waals surface area (Å²) < 4.78 is 0. The number of halogens is 2. The number of fused-ring (bicyclic) bond motifs is 1. The Bertz CT molecular complexity index is 520. The van der Waals surface area contributed by atoms with Crippen molar-refractivity contribution < 1.29 is 0 Å². The first-order valence-corrected chi connectivity index (χ1v) is 7.02. The van der Waals surface area contributed by atoms with Crippen LogP contribution in [0.1, 0.15) is 18.7 Å². The predicted molar refractivity (Wildman–Crippen MR) is 75.4 cm³/mol. The van der Waals surface area contributed by atoms with Crippen LogP contribution in [0.3, 0.4) is 0 Å². The van der Waals surface area contributed by atoms with Crippen LogP contribution in [-0.4, -0.2) is 23.1 Å². The minimum absolute atomic E-state index is 0.558. The maximum atomic E-state index is 5.99. The Labute approximate surface area is 116 Å². The Kier molecular flexibility index (Phi) is 3.46. The second-order valence-corrected chi connectivity index (χ2v) is 5.68. The van der Waals surface area contributed by atoms with Gasteiger partial charge in [0.15, 0.2) is 0 Å². The summed E-state index contributed by atoms with van der Waals surface area (Å²) in [6.07, 6.45) is 3.43. The minimum Gasteiger partial charge on any atom is -0.342 e. The molecule has 1 saturated heterocycles. The third-order valence-electron chi connectivity index (χ3n) is 3.52. The molecule has 3 rings (SSSR count). The lowest BCUT2D eigenvalue weighted by Gasteiger charge is -2.05. The molecule has 3 nitrogen and oxygen atoms in total. The van der Waals surface area contributed by atoms with Gasteiger partial charge in [-0.3, -0.25) is 0 Å². The number of imidazole rings is 1. The summed E-state index contributed by atoms with van der Waals surface area (Å²) >= 11 is 12.0. The molecule has 0 aliphatic carbocycles. The van der Waals surface area contributed by atoms with E-state index in [0.29, 0.717) is 10.0 Å². The van der Waals surface area contributed by atoms with E-state index in [-0.39, 0.29) is 0 Å². The summed E-state index contributed by atoms with van der Waals surface area (Å²) in [6.45, 7) is 2.29. The van der Waals surface area contributed by atoms with Crippen LogP contribution >= 0.6 is 23.2 Å². The Morgan fingerprint density at radius 3 is 2.89 bits per heavy atom. The molecule has 0 bridgehead atoms. The van der Waals surface area contributed by atoms with Gasteiger partial charge in [-0.2, -0.15) is 0 Å². The molecule has 0 saturated carbocycles. The molecule has 1 aliphatic heterocycles. The lowest BCUT2D eigenvalue weighted by Crippen LogP contribution is -2.09. The molecule has 1 aliphatic rings. The number of aromatic nitrogens is 2. The van der Waals surface area contributed by atoms with Crippen LogP contribution in [0.5, 0.6) is 0 Å². The molecule has 2 N–H and O–H groups in total. The minimum atomic E-state index is 0.558. The first kappa shape index (κ1) is 12.3. The fourth-order valence-corrected chi connectivity index (χ4v) is 2.80.